The maximum atomic E-state index is 11.9. The fraction of sp³-hybridized carbons (Fsp3) is 0.533. The highest BCUT2D eigenvalue weighted by Gasteiger charge is 2.18. The average molecular weight is 248 g/mol. The SMILES string of the molecule is Cc1ccccc1C(C)NC(=O)[C@H](N)CC(C)C. The Labute approximate surface area is 110 Å². The highest BCUT2D eigenvalue weighted by Crippen LogP contribution is 2.16. The topological polar surface area (TPSA) is 55.1 Å². The molecule has 100 valence electrons. The Morgan fingerprint density at radius 3 is 2.44 bits per heavy atom. The Hall–Kier alpha value is -1.35. The first kappa shape index (κ1) is 14.7. The summed E-state index contributed by atoms with van der Waals surface area (Å²) in [6.45, 7) is 8.17. The summed E-state index contributed by atoms with van der Waals surface area (Å²) in [6.07, 6.45) is 0.715. The monoisotopic (exact) mass is 248 g/mol. The zero-order valence-electron chi connectivity index (χ0n) is 11.7. The van der Waals surface area contributed by atoms with Crippen molar-refractivity contribution in [3.05, 3.63) is 35.4 Å². The number of rotatable bonds is 5. The van der Waals surface area contributed by atoms with E-state index in [1.54, 1.807) is 0 Å². The van der Waals surface area contributed by atoms with Crippen LogP contribution in [0.1, 0.15) is 44.4 Å². The summed E-state index contributed by atoms with van der Waals surface area (Å²) >= 11 is 0. The summed E-state index contributed by atoms with van der Waals surface area (Å²) in [5.41, 5.74) is 8.19. The van der Waals surface area contributed by atoms with Crippen molar-refractivity contribution in [3.8, 4) is 0 Å². The molecule has 18 heavy (non-hydrogen) atoms. The van der Waals surface area contributed by atoms with Gasteiger partial charge in [-0.25, -0.2) is 0 Å². The first-order valence-electron chi connectivity index (χ1n) is 6.53. The number of carbonyl (C=O) groups is 1. The van der Waals surface area contributed by atoms with Gasteiger partial charge in [0.2, 0.25) is 5.91 Å². The lowest BCUT2D eigenvalue weighted by molar-refractivity contribution is -0.123. The molecule has 0 saturated heterocycles. The molecule has 3 nitrogen and oxygen atoms in total. The Morgan fingerprint density at radius 2 is 1.89 bits per heavy atom. The van der Waals surface area contributed by atoms with Crippen LogP contribution in [0.25, 0.3) is 0 Å². The third kappa shape index (κ3) is 4.15. The predicted octanol–water partition coefficient (Wildman–Crippen LogP) is 2.55. The van der Waals surface area contributed by atoms with Gasteiger partial charge in [-0.2, -0.15) is 0 Å². The van der Waals surface area contributed by atoms with Crippen LogP contribution in [0.3, 0.4) is 0 Å². The standard InChI is InChI=1S/C15H24N2O/c1-10(2)9-14(16)15(18)17-12(4)13-8-6-5-7-11(13)3/h5-8,10,12,14H,9,16H2,1-4H3,(H,17,18)/t12?,14-/m1/s1. The summed E-state index contributed by atoms with van der Waals surface area (Å²) in [4.78, 5) is 11.9. The third-order valence-electron chi connectivity index (χ3n) is 3.08. The van der Waals surface area contributed by atoms with E-state index >= 15 is 0 Å². The zero-order valence-corrected chi connectivity index (χ0v) is 11.7. The van der Waals surface area contributed by atoms with Gasteiger partial charge in [-0.15, -0.1) is 0 Å². The fourth-order valence-corrected chi connectivity index (χ4v) is 2.09. The summed E-state index contributed by atoms with van der Waals surface area (Å²) < 4.78 is 0. The normalized spacial score (nSPS) is 14.3. The minimum absolute atomic E-state index is 0.00286. The summed E-state index contributed by atoms with van der Waals surface area (Å²) in [5.74, 6) is 0.360. The smallest absolute Gasteiger partial charge is 0.237 e. The first-order chi connectivity index (χ1) is 8.41. The molecule has 0 aliphatic heterocycles. The Balaban J connectivity index is 2.62. The van der Waals surface area contributed by atoms with Crippen molar-refractivity contribution in [2.75, 3.05) is 0 Å². The quantitative estimate of drug-likeness (QED) is 0.841. The van der Waals surface area contributed by atoms with Crippen molar-refractivity contribution in [1.82, 2.24) is 5.32 Å². The second kappa shape index (κ2) is 6.55. The number of nitrogens with two attached hydrogens (primary N) is 1. The summed E-state index contributed by atoms with van der Waals surface area (Å²) in [6, 6.07) is 7.64. The number of nitrogens with one attached hydrogen (secondary N) is 1. The molecule has 0 heterocycles. The highest BCUT2D eigenvalue weighted by atomic mass is 16.2. The number of hydrogen-bond donors (Lipinski definition) is 2. The molecule has 2 atom stereocenters. The minimum Gasteiger partial charge on any atom is -0.348 e. The van der Waals surface area contributed by atoms with Gasteiger partial charge < -0.3 is 11.1 Å². The largest absolute Gasteiger partial charge is 0.348 e. The molecular formula is C15H24N2O. The maximum Gasteiger partial charge on any atom is 0.237 e. The lowest BCUT2D eigenvalue weighted by atomic mass is 10.0. The lowest BCUT2D eigenvalue weighted by Gasteiger charge is -2.20. The van der Waals surface area contributed by atoms with Crippen LogP contribution in [0.4, 0.5) is 0 Å². The molecule has 0 aromatic heterocycles. The van der Waals surface area contributed by atoms with E-state index in [-0.39, 0.29) is 11.9 Å². The second-order valence-electron chi connectivity index (χ2n) is 5.32. The zero-order chi connectivity index (χ0) is 13.7. The van der Waals surface area contributed by atoms with Crippen molar-refractivity contribution < 1.29 is 4.79 Å². The van der Waals surface area contributed by atoms with E-state index in [1.165, 1.54) is 5.56 Å². The van der Waals surface area contributed by atoms with E-state index in [9.17, 15) is 4.79 Å². The van der Waals surface area contributed by atoms with E-state index in [0.717, 1.165) is 5.56 Å². The van der Waals surface area contributed by atoms with E-state index < -0.39 is 6.04 Å². The van der Waals surface area contributed by atoms with Crippen molar-refractivity contribution in [3.63, 3.8) is 0 Å². The van der Waals surface area contributed by atoms with Crippen LogP contribution in [0.5, 0.6) is 0 Å². The highest BCUT2D eigenvalue weighted by molar-refractivity contribution is 5.81. The molecular weight excluding hydrogens is 224 g/mol. The first-order valence-corrected chi connectivity index (χ1v) is 6.53. The van der Waals surface area contributed by atoms with E-state index in [0.29, 0.717) is 12.3 Å². The van der Waals surface area contributed by atoms with Gasteiger partial charge in [-0.3, -0.25) is 4.79 Å². The van der Waals surface area contributed by atoms with Crippen LogP contribution < -0.4 is 11.1 Å². The Kier molecular flexibility index (Phi) is 5.35. The number of benzene rings is 1. The summed E-state index contributed by atoms with van der Waals surface area (Å²) in [5, 5.41) is 2.98. The molecule has 0 fully saturated rings. The molecule has 0 spiro atoms. The molecule has 3 N–H and O–H groups in total. The molecule has 0 aliphatic rings. The van der Waals surface area contributed by atoms with E-state index in [2.05, 4.69) is 19.2 Å². The summed E-state index contributed by atoms with van der Waals surface area (Å²) in [7, 11) is 0. The van der Waals surface area contributed by atoms with E-state index in [1.807, 2.05) is 38.1 Å². The number of aryl methyl sites for hydroxylation is 1. The van der Waals surface area contributed by atoms with Crippen LogP contribution in [0.15, 0.2) is 24.3 Å². The maximum absolute atomic E-state index is 11.9. The minimum atomic E-state index is -0.420. The molecule has 1 rings (SSSR count). The van der Waals surface area contributed by atoms with E-state index in [4.69, 9.17) is 5.73 Å². The van der Waals surface area contributed by atoms with Crippen molar-refractivity contribution in [2.24, 2.45) is 11.7 Å². The molecule has 0 saturated carbocycles. The van der Waals surface area contributed by atoms with Crippen molar-refractivity contribution in [1.29, 1.82) is 0 Å². The Morgan fingerprint density at radius 1 is 1.28 bits per heavy atom. The predicted molar refractivity (Wildman–Crippen MR) is 75.2 cm³/mol. The molecule has 0 bridgehead atoms. The van der Waals surface area contributed by atoms with Crippen LogP contribution in [0, 0.1) is 12.8 Å². The van der Waals surface area contributed by atoms with Gasteiger partial charge in [0, 0.05) is 0 Å². The van der Waals surface area contributed by atoms with Gasteiger partial charge in [0.05, 0.1) is 12.1 Å². The lowest BCUT2D eigenvalue weighted by Crippen LogP contribution is -2.42. The van der Waals surface area contributed by atoms with Crippen molar-refractivity contribution in [2.45, 2.75) is 46.2 Å². The van der Waals surface area contributed by atoms with Gasteiger partial charge in [-0.05, 0) is 37.3 Å². The average Bonchev–Trinajstić information content (AvgIpc) is 2.28. The van der Waals surface area contributed by atoms with Crippen LogP contribution >= 0.6 is 0 Å². The number of carbonyl (C=O) groups excluding carboxylic acids is 1. The number of hydrogen-bond acceptors (Lipinski definition) is 2. The van der Waals surface area contributed by atoms with Crippen LogP contribution in [-0.2, 0) is 4.79 Å². The Bertz CT molecular complexity index is 401. The third-order valence-corrected chi connectivity index (χ3v) is 3.08. The number of amides is 1. The van der Waals surface area contributed by atoms with Gasteiger partial charge in [0.1, 0.15) is 0 Å². The molecule has 1 unspecified atom stereocenters. The second-order valence-corrected chi connectivity index (χ2v) is 5.32. The van der Waals surface area contributed by atoms with Crippen LogP contribution in [0.2, 0.25) is 0 Å². The van der Waals surface area contributed by atoms with Gasteiger partial charge in [0.25, 0.3) is 0 Å². The molecule has 1 aromatic carbocycles. The molecule has 1 aromatic rings. The van der Waals surface area contributed by atoms with Crippen LogP contribution in [-0.4, -0.2) is 11.9 Å². The molecule has 0 radical (unpaired) electrons. The fourth-order valence-electron chi connectivity index (χ4n) is 2.09. The van der Waals surface area contributed by atoms with Gasteiger partial charge in [-0.1, -0.05) is 38.1 Å². The molecule has 0 aliphatic carbocycles. The van der Waals surface area contributed by atoms with Gasteiger partial charge in [0.15, 0.2) is 0 Å². The van der Waals surface area contributed by atoms with Gasteiger partial charge >= 0.3 is 0 Å². The molecule has 3 heteroatoms. The molecule has 1 amide bonds. The van der Waals surface area contributed by atoms with Crippen molar-refractivity contribution >= 4 is 5.91 Å².